The minimum Gasteiger partial charge on any atom is -0.490 e. The smallest absolute Gasteiger partial charge is 0.259 e. The average Bonchev–Trinajstić information content (AvgIpc) is 2.85. The van der Waals surface area contributed by atoms with Crippen LogP contribution in [0.3, 0.4) is 0 Å². The van der Waals surface area contributed by atoms with E-state index in [9.17, 15) is 9.59 Å². The zero-order chi connectivity index (χ0) is 25.9. The number of fused-ring (bicyclic) bond motifs is 2. The third-order valence-electron chi connectivity index (χ3n) is 5.63. The molecule has 186 valence electrons. The van der Waals surface area contributed by atoms with Crippen molar-refractivity contribution in [2.75, 3.05) is 25.6 Å². The third kappa shape index (κ3) is 4.98. The Hall–Kier alpha value is -3.13. The van der Waals surface area contributed by atoms with Gasteiger partial charge in [-0.15, -0.1) is 0 Å². The normalized spacial score (nSPS) is 13.6. The zero-order valence-electron chi connectivity index (χ0n) is 20.6. The number of carbonyl (C=O) groups excluding carboxylic acids is 1. The predicted octanol–water partition coefficient (Wildman–Crippen LogP) is 4.97. The van der Waals surface area contributed by atoms with Gasteiger partial charge in [0.05, 0.1) is 27.4 Å². The van der Waals surface area contributed by atoms with Crippen molar-refractivity contribution in [3.8, 4) is 16.9 Å². The van der Waals surface area contributed by atoms with Crippen molar-refractivity contribution >= 4 is 40.4 Å². The molecule has 0 bridgehead atoms. The van der Waals surface area contributed by atoms with E-state index in [0.29, 0.717) is 62.8 Å². The largest absolute Gasteiger partial charge is 0.490 e. The van der Waals surface area contributed by atoms with Crippen LogP contribution in [0.25, 0.3) is 28.0 Å². The Morgan fingerprint density at radius 1 is 1.26 bits per heavy atom. The lowest BCUT2D eigenvalue weighted by Gasteiger charge is -2.29. The highest BCUT2D eigenvalue weighted by atomic mass is 35.5. The second kappa shape index (κ2) is 10.6. The number of ether oxygens (including phenoxy) is 2. The summed E-state index contributed by atoms with van der Waals surface area (Å²) in [5, 5.41) is 11.9. The number of rotatable bonds is 5. The standard InChI is InChI=1S/C26H27ClN2O4.CH4O/c1-6-15-8-7-9-16-20(15)25(31)29(5)24(19(14-30)33-26(2,3)4)21(16)17-10-11-18-23(22(17)27)28-12-13-32-18;1-2/h6-11,14,19,28H,1,12-13H2,2-5H3;2H,1H3/t19-;/m0./s1. The average molecular weight is 499 g/mol. The Balaban J connectivity index is 0.00000167. The minimum atomic E-state index is -0.981. The van der Waals surface area contributed by atoms with Crippen molar-refractivity contribution in [1.82, 2.24) is 4.57 Å². The number of carbonyl (C=O) groups is 1. The van der Waals surface area contributed by atoms with Gasteiger partial charge >= 0.3 is 0 Å². The van der Waals surface area contributed by atoms with E-state index in [1.165, 1.54) is 4.57 Å². The molecule has 4 rings (SSSR count). The van der Waals surface area contributed by atoms with Crippen molar-refractivity contribution in [1.29, 1.82) is 0 Å². The van der Waals surface area contributed by atoms with Gasteiger partial charge in [-0.05, 0) is 43.9 Å². The summed E-state index contributed by atoms with van der Waals surface area (Å²) in [6.07, 6.45) is 1.39. The summed E-state index contributed by atoms with van der Waals surface area (Å²) in [6.45, 7) is 10.6. The van der Waals surface area contributed by atoms with Gasteiger partial charge in [-0.25, -0.2) is 0 Å². The fourth-order valence-electron chi connectivity index (χ4n) is 4.29. The maximum atomic E-state index is 13.5. The van der Waals surface area contributed by atoms with Gasteiger partial charge in [-0.2, -0.15) is 0 Å². The van der Waals surface area contributed by atoms with Gasteiger partial charge < -0.3 is 29.3 Å². The van der Waals surface area contributed by atoms with E-state index in [1.807, 2.05) is 51.1 Å². The Kier molecular flexibility index (Phi) is 8.05. The van der Waals surface area contributed by atoms with Crippen molar-refractivity contribution in [2.24, 2.45) is 7.05 Å². The van der Waals surface area contributed by atoms with Crippen LogP contribution in [0.4, 0.5) is 5.69 Å². The van der Waals surface area contributed by atoms with Gasteiger partial charge in [0.1, 0.15) is 12.4 Å². The van der Waals surface area contributed by atoms with E-state index in [-0.39, 0.29) is 5.56 Å². The van der Waals surface area contributed by atoms with Crippen LogP contribution in [0.2, 0.25) is 5.02 Å². The molecule has 8 heteroatoms. The van der Waals surface area contributed by atoms with Gasteiger partial charge in [0, 0.05) is 31.8 Å². The first-order chi connectivity index (χ1) is 16.7. The van der Waals surface area contributed by atoms with E-state index >= 15 is 0 Å². The summed E-state index contributed by atoms with van der Waals surface area (Å²) >= 11 is 6.90. The number of hydrogen-bond acceptors (Lipinski definition) is 6. The van der Waals surface area contributed by atoms with Crippen LogP contribution in [-0.4, -0.2) is 41.8 Å². The molecule has 0 radical (unpaired) electrons. The Morgan fingerprint density at radius 2 is 1.97 bits per heavy atom. The molecule has 7 nitrogen and oxygen atoms in total. The molecule has 0 fully saturated rings. The number of hydrogen-bond donors (Lipinski definition) is 2. The molecule has 0 saturated carbocycles. The van der Waals surface area contributed by atoms with Crippen LogP contribution in [0.5, 0.6) is 5.75 Å². The first-order valence-corrected chi connectivity index (χ1v) is 11.6. The molecule has 35 heavy (non-hydrogen) atoms. The quantitative estimate of drug-likeness (QED) is 0.483. The van der Waals surface area contributed by atoms with Crippen LogP contribution >= 0.6 is 11.6 Å². The minimum absolute atomic E-state index is 0.237. The second-order valence-electron chi connectivity index (χ2n) is 8.96. The number of halogens is 1. The molecule has 1 aromatic heterocycles. The molecular formula is C27H31ClN2O5. The molecule has 1 aliphatic rings. The predicted molar refractivity (Wildman–Crippen MR) is 141 cm³/mol. The van der Waals surface area contributed by atoms with E-state index in [0.717, 1.165) is 13.4 Å². The molecular weight excluding hydrogens is 468 g/mol. The Morgan fingerprint density at radius 3 is 2.60 bits per heavy atom. The second-order valence-corrected chi connectivity index (χ2v) is 9.34. The highest BCUT2D eigenvalue weighted by Gasteiger charge is 2.30. The summed E-state index contributed by atoms with van der Waals surface area (Å²) in [6, 6.07) is 9.27. The lowest BCUT2D eigenvalue weighted by atomic mass is 9.92. The monoisotopic (exact) mass is 498 g/mol. The van der Waals surface area contributed by atoms with Crippen molar-refractivity contribution in [3.05, 3.63) is 63.5 Å². The SMILES string of the molecule is C=Cc1cccc2c(-c3ccc4c(c3Cl)NCCO4)c([C@H](C=O)OC(C)(C)C)n(C)c(=O)c12.CO. The molecule has 2 N–H and O–H groups in total. The lowest BCUT2D eigenvalue weighted by Crippen LogP contribution is -2.30. The van der Waals surface area contributed by atoms with E-state index in [1.54, 1.807) is 13.1 Å². The molecule has 0 spiro atoms. The fraction of sp³-hybridized carbons (Fsp3) is 0.333. The first kappa shape index (κ1) is 26.5. The van der Waals surface area contributed by atoms with Crippen LogP contribution in [0.1, 0.15) is 38.1 Å². The summed E-state index contributed by atoms with van der Waals surface area (Å²) in [5.41, 5.74) is 2.32. The lowest BCUT2D eigenvalue weighted by molar-refractivity contribution is -0.129. The third-order valence-corrected chi connectivity index (χ3v) is 6.02. The number of aldehydes is 1. The van der Waals surface area contributed by atoms with Crippen molar-refractivity contribution in [3.63, 3.8) is 0 Å². The van der Waals surface area contributed by atoms with Crippen LogP contribution < -0.4 is 15.6 Å². The number of nitrogens with one attached hydrogen (secondary N) is 1. The van der Waals surface area contributed by atoms with Crippen molar-refractivity contribution < 1.29 is 19.4 Å². The molecule has 2 heterocycles. The molecule has 0 unspecified atom stereocenters. The van der Waals surface area contributed by atoms with Gasteiger partial charge in [0.15, 0.2) is 12.4 Å². The summed E-state index contributed by atoms with van der Waals surface area (Å²) in [5.74, 6) is 0.662. The first-order valence-electron chi connectivity index (χ1n) is 11.2. The fourth-order valence-corrected chi connectivity index (χ4v) is 4.61. The molecule has 0 amide bonds. The maximum Gasteiger partial charge on any atom is 0.259 e. The summed E-state index contributed by atoms with van der Waals surface area (Å²) in [7, 11) is 2.65. The number of aromatic nitrogens is 1. The number of nitrogens with zero attached hydrogens (tertiary/aromatic N) is 1. The number of anilines is 1. The molecule has 2 aromatic carbocycles. The van der Waals surface area contributed by atoms with Crippen LogP contribution in [0, 0.1) is 0 Å². The summed E-state index contributed by atoms with van der Waals surface area (Å²) < 4.78 is 13.3. The topological polar surface area (TPSA) is 89.8 Å². The molecule has 0 saturated heterocycles. The van der Waals surface area contributed by atoms with Gasteiger partial charge in [0.2, 0.25) is 0 Å². The Bertz CT molecular complexity index is 1320. The van der Waals surface area contributed by atoms with Crippen LogP contribution in [0.15, 0.2) is 41.7 Å². The highest BCUT2D eigenvalue weighted by Crippen LogP contribution is 2.45. The molecule has 0 aliphatic carbocycles. The zero-order valence-corrected chi connectivity index (χ0v) is 21.4. The van der Waals surface area contributed by atoms with Crippen molar-refractivity contribution in [2.45, 2.75) is 32.5 Å². The van der Waals surface area contributed by atoms with E-state index in [4.69, 9.17) is 26.2 Å². The van der Waals surface area contributed by atoms with E-state index < -0.39 is 11.7 Å². The highest BCUT2D eigenvalue weighted by molar-refractivity contribution is 6.37. The maximum absolute atomic E-state index is 13.5. The number of aliphatic hydroxyl groups excluding tert-OH is 1. The van der Waals surface area contributed by atoms with Gasteiger partial charge in [0.25, 0.3) is 5.56 Å². The molecule has 1 aliphatic heterocycles. The number of aliphatic hydroxyl groups is 1. The Labute approximate surface area is 209 Å². The number of pyridine rings is 1. The van der Waals surface area contributed by atoms with Gasteiger partial charge in [-0.1, -0.05) is 42.5 Å². The molecule has 1 atom stereocenters. The van der Waals surface area contributed by atoms with E-state index in [2.05, 4.69) is 11.9 Å². The van der Waals surface area contributed by atoms with Gasteiger partial charge in [-0.3, -0.25) is 4.79 Å². The summed E-state index contributed by atoms with van der Waals surface area (Å²) in [4.78, 5) is 25.8. The molecule has 3 aromatic rings. The number of benzene rings is 2. The van der Waals surface area contributed by atoms with Crippen LogP contribution in [-0.2, 0) is 16.6 Å².